The summed E-state index contributed by atoms with van der Waals surface area (Å²) in [5.74, 6) is 0.232. The van der Waals surface area contributed by atoms with E-state index in [9.17, 15) is 9.59 Å². The van der Waals surface area contributed by atoms with Gasteiger partial charge in [-0.3, -0.25) is 14.5 Å². The summed E-state index contributed by atoms with van der Waals surface area (Å²) >= 11 is 1.60. The third kappa shape index (κ3) is 4.34. The van der Waals surface area contributed by atoms with Crippen LogP contribution in [0.3, 0.4) is 0 Å². The van der Waals surface area contributed by atoms with Crippen molar-refractivity contribution in [3.05, 3.63) is 93.3 Å². The van der Waals surface area contributed by atoms with Gasteiger partial charge in [0.2, 0.25) is 5.91 Å². The van der Waals surface area contributed by atoms with E-state index in [4.69, 9.17) is 0 Å². The number of ketones is 1. The van der Waals surface area contributed by atoms with Crippen molar-refractivity contribution in [3.8, 4) is 0 Å². The number of para-hydroxylation sites is 2. The number of anilines is 2. The highest BCUT2D eigenvalue weighted by Crippen LogP contribution is 2.48. The third-order valence-corrected chi connectivity index (χ3v) is 8.05. The van der Waals surface area contributed by atoms with Crippen LogP contribution in [-0.2, 0) is 15.0 Å². The first-order chi connectivity index (χ1) is 16.8. The fourth-order valence-electron chi connectivity index (χ4n) is 5.24. The van der Waals surface area contributed by atoms with E-state index < -0.39 is 6.04 Å². The molecule has 0 fully saturated rings. The molecule has 3 aromatic rings. The second-order valence-electron chi connectivity index (χ2n) is 10.5. The molecule has 5 heteroatoms. The Kier molecular flexibility index (Phi) is 6.14. The van der Waals surface area contributed by atoms with Crippen molar-refractivity contribution < 1.29 is 9.59 Å². The molecule has 1 aromatic heterocycles. The largest absolute Gasteiger partial charge is 0.357 e. The summed E-state index contributed by atoms with van der Waals surface area (Å²) in [6.45, 7) is 8.52. The minimum absolute atomic E-state index is 0.0130. The van der Waals surface area contributed by atoms with Crippen molar-refractivity contribution in [1.29, 1.82) is 0 Å². The lowest BCUT2D eigenvalue weighted by atomic mass is 9.78. The molecule has 0 saturated carbocycles. The number of fused-ring (bicyclic) bond motifs is 1. The molecule has 2 aromatic carbocycles. The quantitative estimate of drug-likeness (QED) is 0.423. The van der Waals surface area contributed by atoms with Crippen LogP contribution < -0.4 is 10.2 Å². The van der Waals surface area contributed by atoms with E-state index in [-0.39, 0.29) is 23.0 Å². The second kappa shape index (κ2) is 9.12. The predicted molar refractivity (Wildman–Crippen MR) is 144 cm³/mol. The number of nitrogens with zero attached hydrogens (tertiary/aromatic N) is 1. The number of allylic oxidation sites excluding steroid dienone is 1. The number of nitrogens with one attached hydrogen (secondary N) is 1. The molecule has 0 unspecified atom stereocenters. The molecule has 1 aliphatic heterocycles. The summed E-state index contributed by atoms with van der Waals surface area (Å²) in [5.41, 5.74) is 5.93. The molecule has 1 N–H and O–H groups in total. The molecule has 2 heterocycles. The van der Waals surface area contributed by atoms with Gasteiger partial charge in [-0.25, -0.2) is 0 Å². The molecule has 0 radical (unpaired) electrons. The van der Waals surface area contributed by atoms with E-state index >= 15 is 0 Å². The molecule has 2 aliphatic rings. The lowest BCUT2D eigenvalue weighted by molar-refractivity contribution is -0.118. The standard InChI is InChI=1S/C30H32N2O2S/c1-5-27(34)32-24-10-7-6-9-22(24)31-23-17-20(19-12-14-21(15-13-19)30(2,3)4)18-25(33)28(23)29(32)26-11-8-16-35-26/h6-16,20,29,31H,5,17-18H2,1-4H3/t20-,29-/m0/s1. The number of carbonyl (C=O) groups excluding carboxylic acids is 2. The van der Waals surface area contributed by atoms with Crippen LogP contribution in [0.4, 0.5) is 11.4 Å². The summed E-state index contributed by atoms with van der Waals surface area (Å²) in [5, 5.41) is 5.61. The first kappa shape index (κ1) is 23.6. The maximum Gasteiger partial charge on any atom is 0.227 e. The number of rotatable bonds is 3. The first-order valence-corrected chi connectivity index (χ1v) is 13.2. The number of carbonyl (C=O) groups is 2. The fourth-order valence-corrected chi connectivity index (χ4v) is 6.07. The normalized spacial score (nSPS) is 20.1. The molecule has 0 spiro atoms. The van der Waals surface area contributed by atoms with Crippen LogP contribution in [0.15, 0.2) is 77.3 Å². The Hall–Kier alpha value is -3.18. The lowest BCUT2D eigenvalue weighted by Gasteiger charge is -2.34. The minimum Gasteiger partial charge on any atom is -0.357 e. The molecule has 2 atom stereocenters. The van der Waals surface area contributed by atoms with Gasteiger partial charge >= 0.3 is 0 Å². The molecular formula is C30H32N2O2S. The fraction of sp³-hybridized carbons (Fsp3) is 0.333. The molecule has 35 heavy (non-hydrogen) atoms. The number of amides is 1. The molecule has 180 valence electrons. The average molecular weight is 485 g/mol. The van der Waals surface area contributed by atoms with Gasteiger partial charge in [0.1, 0.15) is 6.04 Å². The van der Waals surface area contributed by atoms with Gasteiger partial charge in [0.25, 0.3) is 0 Å². The smallest absolute Gasteiger partial charge is 0.227 e. The Bertz CT molecular complexity index is 1280. The van der Waals surface area contributed by atoms with Gasteiger partial charge in [0.05, 0.1) is 11.4 Å². The maximum absolute atomic E-state index is 13.9. The van der Waals surface area contributed by atoms with Crippen LogP contribution in [0.1, 0.15) is 74.9 Å². The molecule has 1 aliphatic carbocycles. The van der Waals surface area contributed by atoms with Gasteiger partial charge in [-0.05, 0) is 52.5 Å². The topological polar surface area (TPSA) is 49.4 Å². The van der Waals surface area contributed by atoms with Crippen molar-refractivity contribution in [2.75, 3.05) is 10.2 Å². The van der Waals surface area contributed by atoms with Crippen molar-refractivity contribution in [3.63, 3.8) is 0 Å². The van der Waals surface area contributed by atoms with Crippen LogP contribution in [0.25, 0.3) is 0 Å². The molecule has 5 rings (SSSR count). The lowest BCUT2D eigenvalue weighted by Crippen LogP contribution is -2.37. The van der Waals surface area contributed by atoms with E-state index in [1.165, 1.54) is 11.1 Å². The Morgan fingerprint density at radius 3 is 2.43 bits per heavy atom. The van der Waals surface area contributed by atoms with E-state index in [1.54, 1.807) is 11.3 Å². The van der Waals surface area contributed by atoms with Gasteiger partial charge in [0, 0.05) is 29.0 Å². The first-order valence-electron chi connectivity index (χ1n) is 12.4. The van der Waals surface area contributed by atoms with E-state index in [0.29, 0.717) is 12.8 Å². The molecule has 0 saturated heterocycles. The predicted octanol–water partition coefficient (Wildman–Crippen LogP) is 7.36. The monoisotopic (exact) mass is 484 g/mol. The Balaban J connectivity index is 1.61. The zero-order chi connectivity index (χ0) is 24.7. The van der Waals surface area contributed by atoms with Crippen molar-refractivity contribution in [2.24, 2.45) is 0 Å². The number of hydrogen-bond acceptors (Lipinski definition) is 4. The zero-order valence-electron chi connectivity index (χ0n) is 20.8. The Morgan fingerprint density at radius 2 is 1.77 bits per heavy atom. The van der Waals surface area contributed by atoms with Gasteiger partial charge < -0.3 is 5.32 Å². The Labute approximate surface area is 211 Å². The summed E-state index contributed by atoms with van der Waals surface area (Å²) < 4.78 is 0. The molecule has 1 amide bonds. The summed E-state index contributed by atoms with van der Waals surface area (Å²) in [4.78, 5) is 30.1. The summed E-state index contributed by atoms with van der Waals surface area (Å²) in [7, 11) is 0. The average Bonchev–Trinajstić information content (AvgIpc) is 3.32. The summed E-state index contributed by atoms with van der Waals surface area (Å²) in [6, 6.07) is 20.3. The highest BCUT2D eigenvalue weighted by Gasteiger charge is 2.41. The number of benzene rings is 2. The molecular weight excluding hydrogens is 452 g/mol. The second-order valence-corrected chi connectivity index (χ2v) is 11.4. The van der Waals surface area contributed by atoms with Crippen molar-refractivity contribution in [2.45, 2.75) is 64.3 Å². The third-order valence-electron chi connectivity index (χ3n) is 7.12. The maximum atomic E-state index is 13.9. The SMILES string of the molecule is CCC(=O)N1c2ccccc2NC2=C(C(=O)C[C@@H](c3ccc(C(C)(C)C)cc3)C2)[C@@H]1c1cccs1. The zero-order valence-corrected chi connectivity index (χ0v) is 21.6. The number of hydrogen-bond donors (Lipinski definition) is 1. The highest BCUT2D eigenvalue weighted by molar-refractivity contribution is 7.10. The van der Waals surface area contributed by atoms with E-state index in [2.05, 4.69) is 50.4 Å². The number of Topliss-reactive ketones (excluding diaryl/α,β-unsaturated/α-hetero) is 1. The van der Waals surface area contributed by atoms with Crippen LogP contribution in [0, 0.1) is 0 Å². The van der Waals surface area contributed by atoms with Gasteiger partial charge in [-0.1, -0.05) is 70.2 Å². The van der Waals surface area contributed by atoms with Crippen LogP contribution in [0.2, 0.25) is 0 Å². The van der Waals surface area contributed by atoms with E-state index in [0.717, 1.165) is 33.9 Å². The molecule has 0 bridgehead atoms. The summed E-state index contributed by atoms with van der Waals surface area (Å²) in [6.07, 6.45) is 1.55. The van der Waals surface area contributed by atoms with Gasteiger partial charge in [-0.15, -0.1) is 11.3 Å². The van der Waals surface area contributed by atoms with Crippen molar-refractivity contribution in [1.82, 2.24) is 0 Å². The van der Waals surface area contributed by atoms with Gasteiger partial charge in [0.15, 0.2) is 5.78 Å². The Morgan fingerprint density at radius 1 is 1.03 bits per heavy atom. The van der Waals surface area contributed by atoms with Crippen LogP contribution in [-0.4, -0.2) is 11.7 Å². The minimum atomic E-state index is -0.412. The number of thiophene rings is 1. The van der Waals surface area contributed by atoms with Crippen LogP contribution in [0.5, 0.6) is 0 Å². The van der Waals surface area contributed by atoms with Crippen LogP contribution >= 0.6 is 11.3 Å². The van der Waals surface area contributed by atoms with Crippen molar-refractivity contribution >= 4 is 34.4 Å². The highest BCUT2D eigenvalue weighted by atomic mass is 32.1. The molecule has 4 nitrogen and oxygen atoms in total. The van der Waals surface area contributed by atoms with Gasteiger partial charge in [-0.2, -0.15) is 0 Å². The van der Waals surface area contributed by atoms with E-state index in [1.807, 2.05) is 53.6 Å².